The van der Waals surface area contributed by atoms with E-state index in [0.717, 1.165) is 12.8 Å². The molecule has 5 heteroatoms. The molecule has 1 aliphatic carbocycles. The lowest BCUT2D eigenvalue weighted by molar-refractivity contribution is -0.0376. The molecule has 1 aliphatic heterocycles. The average molecular weight is 170 g/mol. The molecule has 0 radical (unpaired) electrons. The van der Waals surface area contributed by atoms with Gasteiger partial charge in [0.05, 0.1) is 0 Å². The molecule has 68 valence electrons. The highest BCUT2D eigenvalue weighted by molar-refractivity contribution is 4.74. The van der Waals surface area contributed by atoms with E-state index in [1.807, 2.05) is 0 Å². The van der Waals surface area contributed by atoms with Crippen LogP contribution in [0.3, 0.4) is 0 Å². The molecule has 1 unspecified atom stereocenters. The number of hydrazine groups is 1. The van der Waals surface area contributed by atoms with E-state index in [9.17, 15) is 5.11 Å². The molecule has 1 saturated carbocycles. The van der Waals surface area contributed by atoms with Crippen LogP contribution in [0.4, 0.5) is 0 Å². The maximum atomic E-state index is 9.34. The number of hydrogen-bond donors (Lipinski definition) is 2. The number of nitrogens with one attached hydrogen (secondary N) is 1. The third kappa shape index (κ3) is 1.42. The Hall–Kier alpha value is -0.680. The molecule has 1 atom stereocenters. The zero-order chi connectivity index (χ0) is 8.39. The van der Waals surface area contributed by atoms with Gasteiger partial charge in [0.1, 0.15) is 0 Å². The third-order valence-electron chi connectivity index (χ3n) is 2.54. The smallest absolute Gasteiger partial charge is 0.244 e. The summed E-state index contributed by atoms with van der Waals surface area (Å²) in [6.45, 7) is 0. The number of hydrogen-bond acceptors (Lipinski definition) is 5. The van der Waals surface area contributed by atoms with E-state index in [4.69, 9.17) is 0 Å². The van der Waals surface area contributed by atoms with Crippen molar-refractivity contribution in [2.45, 2.75) is 44.5 Å². The highest BCUT2D eigenvalue weighted by Gasteiger charge is 2.29. The van der Waals surface area contributed by atoms with Gasteiger partial charge in [0.25, 0.3) is 0 Å². The summed E-state index contributed by atoms with van der Waals surface area (Å²) in [7, 11) is 0. The summed E-state index contributed by atoms with van der Waals surface area (Å²) in [4.78, 5) is 0. The lowest BCUT2D eigenvalue weighted by Gasteiger charge is -2.30. The minimum atomic E-state index is -0.770. The third-order valence-corrected chi connectivity index (χ3v) is 2.54. The first kappa shape index (κ1) is 7.94. The fourth-order valence-electron chi connectivity index (χ4n) is 1.87. The first-order chi connectivity index (χ1) is 5.88. The topological polar surface area (TPSA) is 60.2 Å². The molecule has 5 nitrogen and oxygen atoms in total. The van der Waals surface area contributed by atoms with Crippen molar-refractivity contribution in [2.24, 2.45) is 10.3 Å². The van der Waals surface area contributed by atoms with Crippen LogP contribution < -0.4 is 5.53 Å². The van der Waals surface area contributed by atoms with Crippen LogP contribution in [0.1, 0.15) is 32.1 Å². The van der Waals surface area contributed by atoms with E-state index in [-0.39, 0.29) is 0 Å². The maximum absolute atomic E-state index is 9.34. The van der Waals surface area contributed by atoms with Gasteiger partial charge < -0.3 is 5.11 Å². The fourth-order valence-corrected chi connectivity index (χ4v) is 1.87. The minimum Gasteiger partial charge on any atom is -0.357 e. The van der Waals surface area contributed by atoms with Crippen LogP contribution in [0.25, 0.3) is 0 Å². The normalized spacial score (nSPS) is 32.2. The summed E-state index contributed by atoms with van der Waals surface area (Å²) >= 11 is 0. The SMILES string of the molecule is OC1N=NNN1C1CCCCC1. The zero-order valence-electron chi connectivity index (χ0n) is 6.98. The van der Waals surface area contributed by atoms with Gasteiger partial charge in [-0.1, -0.05) is 24.5 Å². The molecule has 0 bridgehead atoms. The quantitative estimate of drug-likeness (QED) is 0.611. The molecule has 2 rings (SSSR count). The van der Waals surface area contributed by atoms with E-state index in [2.05, 4.69) is 15.9 Å². The predicted molar refractivity (Wildman–Crippen MR) is 42.7 cm³/mol. The first-order valence-corrected chi connectivity index (χ1v) is 4.50. The Kier molecular flexibility index (Phi) is 2.23. The predicted octanol–water partition coefficient (Wildman–Crippen LogP) is 0.782. The molecule has 0 spiro atoms. The van der Waals surface area contributed by atoms with Gasteiger partial charge in [-0.2, -0.15) is 5.01 Å². The van der Waals surface area contributed by atoms with Crippen LogP contribution in [0.5, 0.6) is 0 Å². The van der Waals surface area contributed by atoms with Gasteiger partial charge in [-0.3, -0.25) is 0 Å². The van der Waals surface area contributed by atoms with Crippen LogP contribution in [0.2, 0.25) is 0 Å². The minimum absolute atomic E-state index is 0.406. The second-order valence-corrected chi connectivity index (χ2v) is 3.36. The summed E-state index contributed by atoms with van der Waals surface area (Å²) in [5.41, 5.74) is 2.72. The summed E-state index contributed by atoms with van der Waals surface area (Å²) in [6.07, 6.45) is 5.30. The summed E-state index contributed by atoms with van der Waals surface area (Å²) in [5, 5.41) is 18.2. The Morgan fingerprint density at radius 1 is 1.25 bits per heavy atom. The largest absolute Gasteiger partial charge is 0.357 e. The standard InChI is InChI=1S/C7H14N4O/c12-7-8-9-10-11(7)6-4-2-1-3-5-6/h6-7,12H,1-5H2,(H,8,10). The average Bonchev–Trinajstić information content (AvgIpc) is 2.53. The Morgan fingerprint density at radius 3 is 2.58 bits per heavy atom. The van der Waals surface area contributed by atoms with Gasteiger partial charge in [0.2, 0.25) is 6.35 Å². The molecule has 0 aromatic carbocycles. The van der Waals surface area contributed by atoms with Crippen LogP contribution >= 0.6 is 0 Å². The first-order valence-electron chi connectivity index (χ1n) is 4.50. The van der Waals surface area contributed by atoms with Crippen molar-refractivity contribution in [1.29, 1.82) is 0 Å². The van der Waals surface area contributed by atoms with Gasteiger partial charge in [-0.25, -0.2) is 5.53 Å². The Labute approximate surface area is 71.4 Å². The van der Waals surface area contributed by atoms with E-state index in [1.165, 1.54) is 19.3 Å². The number of nitrogens with zero attached hydrogens (tertiary/aromatic N) is 3. The van der Waals surface area contributed by atoms with E-state index < -0.39 is 6.35 Å². The molecule has 0 amide bonds. The van der Waals surface area contributed by atoms with Crippen LogP contribution in [-0.2, 0) is 0 Å². The molecule has 2 aliphatic rings. The maximum Gasteiger partial charge on any atom is 0.244 e. The molecule has 12 heavy (non-hydrogen) atoms. The molecule has 1 heterocycles. The molecule has 1 fully saturated rings. The zero-order valence-corrected chi connectivity index (χ0v) is 6.98. The monoisotopic (exact) mass is 170 g/mol. The van der Waals surface area contributed by atoms with Crippen molar-refractivity contribution >= 4 is 0 Å². The summed E-state index contributed by atoms with van der Waals surface area (Å²) < 4.78 is 0. The molecule has 0 aromatic rings. The van der Waals surface area contributed by atoms with Gasteiger partial charge in [0, 0.05) is 6.04 Å². The Morgan fingerprint density at radius 2 is 2.00 bits per heavy atom. The van der Waals surface area contributed by atoms with Crippen molar-refractivity contribution in [2.75, 3.05) is 0 Å². The van der Waals surface area contributed by atoms with E-state index in [0.29, 0.717) is 6.04 Å². The lowest BCUT2D eigenvalue weighted by Crippen LogP contribution is -2.46. The number of aliphatic hydroxyl groups excluding tert-OH is 1. The summed E-state index contributed by atoms with van der Waals surface area (Å²) in [6, 6.07) is 0.406. The van der Waals surface area contributed by atoms with Gasteiger partial charge in [0.15, 0.2) is 0 Å². The number of rotatable bonds is 1. The lowest BCUT2D eigenvalue weighted by atomic mass is 9.95. The van der Waals surface area contributed by atoms with Crippen molar-refractivity contribution in [3.8, 4) is 0 Å². The van der Waals surface area contributed by atoms with Gasteiger partial charge in [-0.05, 0) is 12.8 Å². The van der Waals surface area contributed by atoms with E-state index >= 15 is 0 Å². The molecule has 0 aromatic heterocycles. The van der Waals surface area contributed by atoms with Crippen molar-refractivity contribution in [1.82, 2.24) is 10.5 Å². The molecule has 2 N–H and O–H groups in total. The van der Waals surface area contributed by atoms with Crippen molar-refractivity contribution in [3.63, 3.8) is 0 Å². The van der Waals surface area contributed by atoms with Crippen molar-refractivity contribution in [3.05, 3.63) is 0 Å². The molecular formula is C7H14N4O. The van der Waals surface area contributed by atoms with Crippen LogP contribution in [0.15, 0.2) is 10.3 Å². The Balaban J connectivity index is 1.90. The van der Waals surface area contributed by atoms with Gasteiger partial charge >= 0.3 is 0 Å². The molecule has 0 saturated heterocycles. The van der Waals surface area contributed by atoms with Crippen molar-refractivity contribution < 1.29 is 5.11 Å². The van der Waals surface area contributed by atoms with E-state index in [1.54, 1.807) is 5.01 Å². The van der Waals surface area contributed by atoms with Gasteiger partial charge in [-0.15, -0.1) is 5.11 Å². The Bertz CT molecular complexity index is 178. The fraction of sp³-hybridized carbons (Fsp3) is 1.00. The molecular weight excluding hydrogens is 156 g/mol. The summed E-state index contributed by atoms with van der Waals surface area (Å²) in [5.74, 6) is 0. The highest BCUT2D eigenvalue weighted by Crippen LogP contribution is 2.23. The highest BCUT2D eigenvalue weighted by atomic mass is 16.3. The van der Waals surface area contributed by atoms with Crippen LogP contribution in [0, 0.1) is 0 Å². The van der Waals surface area contributed by atoms with Crippen LogP contribution in [-0.4, -0.2) is 22.5 Å². The second-order valence-electron chi connectivity index (χ2n) is 3.36. The second kappa shape index (κ2) is 3.37. The number of aliphatic hydroxyl groups is 1.